The van der Waals surface area contributed by atoms with E-state index in [0.717, 1.165) is 32.2 Å². The third-order valence-electron chi connectivity index (χ3n) is 2.89. The highest BCUT2D eigenvalue weighted by molar-refractivity contribution is 7.51. The predicted molar refractivity (Wildman–Crippen MR) is 71.3 cm³/mol. The van der Waals surface area contributed by atoms with Crippen LogP contribution >= 0.6 is 7.60 Å². The largest absolute Gasteiger partial charge is 0.325 e. The van der Waals surface area contributed by atoms with Crippen molar-refractivity contribution >= 4 is 7.60 Å². The van der Waals surface area contributed by atoms with Crippen molar-refractivity contribution in [2.24, 2.45) is 0 Å². The van der Waals surface area contributed by atoms with Gasteiger partial charge in [-0.05, 0) is 12.8 Å². The van der Waals surface area contributed by atoms with Crippen LogP contribution in [0.15, 0.2) is 30.6 Å². The molecule has 0 aliphatic heterocycles. The molecular weight excluding hydrogens is 249 g/mol. The maximum Gasteiger partial charge on any atom is 0.325 e. The van der Waals surface area contributed by atoms with Crippen molar-refractivity contribution in [1.29, 1.82) is 0 Å². The van der Waals surface area contributed by atoms with E-state index in [1.54, 1.807) is 0 Å². The van der Waals surface area contributed by atoms with E-state index in [-0.39, 0.29) is 6.16 Å². The molecule has 1 aromatic heterocycles. The third-order valence-corrected chi connectivity index (χ3v) is 3.79. The Balaban J connectivity index is 1.92. The van der Waals surface area contributed by atoms with E-state index in [0.29, 0.717) is 6.42 Å². The second-order valence-corrected chi connectivity index (χ2v) is 6.40. The minimum Gasteiger partial charge on any atom is -0.324 e. The average Bonchev–Trinajstić information content (AvgIpc) is 2.32. The summed E-state index contributed by atoms with van der Waals surface area (Å²) in [5.41, 5.74) is 0. The first kappa shape index (κ1) is 15.4. The van der Waals surface area contributed by atoms with Gasteiger partial charge >= 0.3 is 7.60 Å². The monoisotopic (exact) mass is 272 g/mol. The van der Waals surface area contributed by atoms with Crippen LogP contribution in [-0.4, -0.2) is 15.9 Å². The van der Waals surface area contributed by atoms with Gasteiger partial charge in [0.2, 0.25) is 0 Å². The summed E-state index contributed by atoms with van der Waals surface area (Å²) >= 11 is 0. The van der Waals surface area contributed by atoms with Crippen LogP contribution in [0, 0.1) is 0 Å². The zero-order valence-corrected chi connectivity index (χ0v) is 11.6. The van der Waals surface area contributed by atoms with Crippen molar-refractivity contribution in [3.8, 4) is 0 Å². The van der Waals surface area contributed by atoms with Crippen LogP contribution in [0.4, 0.5) is 0 Å². The van der Waals surface area contributed by atoms with E-state index in [9.17, 15) is 4.57 Å². The molecule has 18 heavy (non-hydrogen) atoms. The molecule has 0 aliphatic rings. The van der Waals surface area contributed by atoms with E-state index in [1.807, 2.05) is 18.2 Å². The van der Waals surface area contributed by atoms with E-state index < -0.39 is 7.60 Å². The molecule has 0 atom stereocenters. The fourth-order valence-corrected chi connectivity index (χ4v) is 2.54. The minimum atomic E-state index is -3.77. The van der Waals surface area contributed by atoms with Gasteiger partial charge in [0.25, 0.3) is 0 Å². The number of hydrogen-bond acceptors (Lipinski definition) is 1. The fourth-order valence-electron chi connectivity index (χ4n) is 1.90. The molecule has 5 heteroatoms. The molecule has 0 bridgehead atoms. The molecule has 1 heterocycles. The van der Waals surface area contributed by atoms with Gasteiger partial charge in [-0.25, -0.2) is 4.57 Å². The normalized spacial score (nSPS) is 11.7. The summed E-state index contributed by atoms with van der Waals surface area (Å²) in [6.45, 7) is 1.04. The number of pyridine rings is 1. The van der Waals surface area contributed by atoms with Crippen LogP contribution in [0.2, 0.25) is 0 Å². The van der Waals surface area contributed by atoms with Crippen molar-refractivity contribution in [3.05, 3.63) is 30.6 Å². The molecular formula is C13H23NO3P+. The number of aromatic nitrogens is 1. The maximum absolute atomic E-state index is 10.6. The molecule has 0 aromatic carbocycles. The van der Waals surface area contributed by atoms with Crippen LogP contribution in [-0.2, 0) is 11.1 Å². The van der Waals surface area contributed by atoms with Gasteiger partial charge in [0.15, 0.2) is 12.4 Å². The quantitative estimate of drug-likeness (QED) is 0.412. The second-order valence-electron chi connectivity index (χ2n) is 4.62. The summed E-state index contributed by atoms with van der Waals surface area (Å²) in [6, 6.07) is 6.07. The first-order valence-corrected chi connectivity index (χ1v) is 8.36. The first-order valence-electron chi connectivity index (χ1n) is 6.56. The number of aryl methyl sites for hydroxylation is 1. The van der Waals surface area contributed by atoms with E-state index in [2.05, 4.69) is 17.0 Å². The Kier molecular flexibility index (Phi) is 7.18. The molecule has 2 N–H and O–H groups in total. The van der Waals surface area contributed by atoms with Gasteiger partial charge < -0.3 is 9.79 Å². The molecule has 0 aliphatic carbocycles. The van der Waals surface area contributed by atoms with Gasteiger partial charge in [-0.3, -0.25) is 4.57 Å². The summed E-state index contributed by atoms with van der Waals surface area (Å²) in [5.74, 6) is 0. The highest BCUT2D eigenvalue weighted by Gasteiger charge is 2.10. The molecule has 0 unspecified atom stereocenters. The number of nitrogens with zero attached hydrogens (tertiary/aromatic N) is 1. The summed E-state index contributed by atoms with van der Waals surface area (Å²) in [7, 11) is -3.77. The Morgan fingerprint density at radius 1 is 0.833 bits per heavy atom. The lowest BCUT2D eigenvalue weighted by atomic mass is 10.1. The minimum absolute atomic E-state index is 0.0346. The van der Waals surface area contributed by atoms with Crippen LogP contribution < -0.4 is 4.57 Å². The Morgan fingerprint density at radius 2 is 1.39 bits per heavy atom. The molecule has 0 radical (unpaired) electrons. The van der Waals surface area contributed by atoms with Gasteiger partial charge in [0, 0.05) is 24.7 Å². The zero-order valence-electron chi connectivity index (χ0n) is 10.7. The third kappa shape index (κ3) is 8.40. The zero-order chi connectivity index (χ0) is 13.3. The van der Waals surface area contributed by atoms with Gasteiger partial charge in [-0.15, -0.1) is 0 Å². The summed E-state index contributed by atoms with van der Waals surface area (Å²) < 4.78 is 12.8. The Bertz CT molecular complexity index is 364. The molecule has 4 nitrogen and oxygen atoms in total. The van der Waals surface area contributed by atoms with Crippen molar-refractivity contribution < 1.29 is 18.9 Å². The molecule has 0 fully saturated rings. The van der Waals surface area contributed by atoms with E-state index in [4.69, 9.17) is 9.79 Å². The van der Waals surface area contributed by atoms with Gasteiger partial charge in [-0.2, -0.15) is 0 Å². The van der Waals surface area contributed by atoms with Gasteiger partial charge in [0.05, 0.1) is 0 Å². The van der Waals surface area contributed by atoms with Gasteiger partial charge in [0.1, 0.15) is 6.54 Å². The van der Waals surface area contributed by atoms with Gasteiger partial charge in [-0.1, -0.05) is 25.3 Å². The van der Waals surface area contributed by atoms with Crippen LogP contribution in [0.5, 0.6) is 0 Å². The van der Waals surface area contributed by atoms with Crippen molar-refractivity contribution in [3.63, 3.8) is 0 Å². The Labute approximate surface area is 109 Å². The van der Waals surface area contributed by atoms with Crippen molar-refractivity contribution in [2.45, 2.75) is 45.1 Å². The standard InChI is InChI=1S/C13H22NO3P/c15-18(16,17)13-9-4-2-1-3-6-10-14-11-7-5-8-12-14/h5,7-8,11-12H,1-4,6,9-10,13H2,(H-,15,16,17)/p+1. The van der Waals surface area contributed by atoms with Crippen LogP contribution in [0.3, 0.4) is 0 Å². The van der Waals surface area contributed by atoms with E-state index >= 15 is 0 Å². The van der Waals surface area contributed by atoms with Crippen LogP contribution in [0.25, 0.3) is 0 Å². The molecule has 0 saturated carbocycles. The lowest BCUT2D eigenvalue weighted by molar-refractivity contribution is -0.697. The summed E-state index contributed by atoms with van der Waals surface area (Å²) in [6.07, 6.45) is 10.3. The second kappa shape index (κ2) is 8.41. The van der Waals surface area contributed by atoms with Crippen molar-refractivity contribution in [1.82, 2.24) is 0 Å². The number of hydrogen-bond donors (Lipinski definition) is 2. The molecule has 102 valence electrons. The maximum atomic E-state index is 10.6. The highest BCUT2D eigenvalue weighted by atomic mass is 31.2. The number of rotatable bonds is 9. The molecule has 0 saturated heterocycles. The Morgan fingerprint density at radius 3 is 2.00 bits per heavy atom. The topological polar surface area (TPSA) is 61.4 Å². The Hall–Kier alpha value is -0.700. The molecule has 1 rings (SSSR count). The summed E-state index contributed by atoms with van der Waals surface area (Å²) in [5, 5.41) is 0. The first-order chi connectivity index (χ1) is 8.58. The van der Waals surface area contributed by atoms with Crippen molar-refractivity contribution in [2.75, 3.05) is 6.16 Å². The molecule has 0 amide bonds. The van der Waals surface area contributed by atoms with Crippen LogP contribution in [0.1, 0.15) is 38.5 Å². The SMILES string of the molecule is O=P(O)(O)CCCCCCCC[n+]1ccccc1. The lowest BCUT2D eigenvalue weighted by Gasteiger charge is -2.03. The average molecular weight is 272 g/mol. The smallest absolute Gasteiger partial charge is 0.324 e. The predicted octanol–water partition coefficient (Wildman–Crippen LogP) is 2.49. The molecule has 1 aromatic rings. The summed E-state index contributed by atoms with van der Waals surface area (Å²) in [4.78, 5) is 17.4. The molecule has 0 spiro atoms. The highest BCUT2D eigenvalue weighted by Crippen LogP contribution is 2.35. The lowest BCUT2D eigenvalue weighted by Crippen LogP contribution is -2.32. The van der Waals surface area contributed by atoms with E-state index in [1.165, 1.54) is 6.42 Å². The fraction of sp³-hybridized carbons (Fsp3) is 0.615. The number of unbranched alkanes of at least 4 members (excludes halogenated alkanes) is 5.